The van der Waals surface area contributed by atoms with Crippen molar-refractivity contribution >= 4 is 17.2 Å². The summed E-state index contributed by atoms with van der Waals surface area (Å²) >= 11 is 4.96. The van der Waals surface area contributed by atoms with E-state index in [1.54, 1.807) is 14.2 Å². The highest BCUT2D eigenvalue weighted by molar-refractivity contribution is 7.80. The highest BCUT2D eigenvalue weighted by atomic mass is 32.1. The second-order valence-corrected chi connectivity index (χ2v) is 4.54. The van der Waals surface area contributed by atoms with Crippen LogP contribution in [-0.4, -0.2) is 56.0 Å². The molecule has 0 saturated carbocycles. The maximum absolute atomic E-state index is 5.59. The van der Waals surface area contributed by atoms with Gasteiger partial charge < -0.3 is 15.2 Å². The zero-order valence-electron chi connectivity index (χ0n) is 9.60. The van der Waals surface area contributed by atoms with Crippen LogP contribution in [-0.2, 0) is 9.47 Å². The van der Waals surface area contributed by atoms with Crippen LogP contribution in [0.2, 0.25) is 0 Å². The van der Waals surface area contributed by atoms with E-state index in [0.29, 0.717) is 4.99 Å². The molecule has 4 nitrogen and oxygen atoms in total. The van der Waals surface area contributed by atoms with E-state index in [4.69, 9.17) is 27.4 Å². The Morgan fingerprint density at radius 2 is 1.87 bits per heavy atom. The van der Waals surface area contributed by atoms with Crippen LogP contribution in [0.1, 0.15) is 6.92 Å². The van der Waals surface area contributed by atoms with Gasteiger partial charge in [-0.15, -0.1) is 0 Å². The lowest BCUT2D eigenvalue weighted by Gasteiger charge is -2.19. The van der Waals surface area contributed by atoms with Gasteiger partial charge in [-0.2, -0.15) is 0 Å². The van der Waals surface area contributed by atoms with Gasteiger partial charge in [0.2, 0.25) is 0 Å². The van der Waals surface area contributed by atoms with Crippen molar-refractivity contribution in [2.24, 2.45) is 11.7 Å². The summed E-state index contributed by atoms with van der Waals surface area (Å²) in [5.41, 5.74) is 5.59. The van der Waals surface area contributed by atoms with Gasteiger partial charge >= 0.3 is 0 Å². The van der Waals surface area contributed by atoms with Crippen molar-refractivity contribution in [1.82, 2.24) is 4.90 Å². The molecule has 1 heterocycles. The van der Waals surface area contributed by atoms with Crippen LogP contribution in [0, 0.1) is 5.92 Å². The largest absolute Gasteiger partial charge is 0.393 e. The van der Waals surface area contributed by atoms with Gasteiger partial charge in [-0.3, -0.25) is 4.90 Å². The minimum atomic E-state index is 0.161. The van der Waals surface area contributed by atoms with Crippen molar-refractivity contribution in [3.63, 3.8) is 0 Å². The van der Waals surface area contributed by atoms with E-state index in [-0.39, 0.29) is 18.1 Å². The summed E-state index contributed by atoms with van der Waals surface area (Å²) in [5.74, 6) is 0.244. The zero-order valence-corrected chi connectivity index (χ0v) is 10.4. The fourth-order valence-corrected chi connectivity index (χ4v) is 1.97. The Bertz CT molecular complexity index is 213. The normalized spacial score (nSPS) is 29.3. The summed E-state index contributed by atoms with van der Waals surface area (Å²) in [6, 6.07) is 0. The standard InChI is InChI=1S/C10H20N2O2S/c1-7(10(11)15)4-12-5-8(13-2)9(6-12)14-3/h7-9H,4-6H2,1-3H3,(H2,11,15). The Kier molecular flexibility index (Phi) is 4.92. The van der Waals surface area contributed by atoms with Crippen LogP contribution < -0.4 is 5.73 Å². The number of nitrogens with zero attached hydrogens (tertiary/aromatic N) is 1. The van der Waals surface area contributed by atoms with E-state index in [2.05, 4.69) is 4.90 Å². The third-order valence-electron chi connectivity index (χ3n) is 2.91. The predicted octanol–water partition coefficient (Wildman–Crippen LogP) is 0.254. The minimum absolute atomic E-state index is 0.161. The van der Waals surface area contributed by atoms with Gasteiger partial charge in [0.15, 0.2) is 0 Å². The van der Waals surface area contributed by atoms with E-state index in [0.717, 1.165) is 19.6 Å². The van der Waals surface area contributed by atoms with Gasteiger partial charge in [0.05, 0.1) is 17.2 Å². The van der Waals surface area contributed by atoms with Gasteiger partial charge in [-0.25, -0.2) is 0 Å². The smallest absolute Gasteiger partial charge is 0.0971 e. The lowest BCUT2D eigenvalue weighted by atomic mass is 10.2. The number of likely N-dealkylation sites (tertiary alicyclic amines) is 1. The predicted molar refractivity (Wildman–Crippen MR) is 64.0 cm³/mol. The second kappa shape index (κ2) is 5.75. The Morgan fingerprint density at radius 1 is 1.40 bits per heavy atom. The van der Waals surface area contributed by atoms with Gasteiger partial charge in [0.25, 0.3) is 0 Å². The first-order valence-corrected chi connectivity index (χ1v) is 5.56. The topological polar surface area (TPSA) is 47.7 Å². The molecule has 0 aromatic heterocycles. The second-order valence-electron chi connectivity index (χ2n) is 4.07. The fourth-order valence-electron chi connectivity index (χ4n) is 1.90. The first-order chi connectivity index (χ1) is 7.08. The molecule has 3 atom stereocenters. The van der Waals surface area contributed by atoms with E-state index in [9.17, 15) is 0 Å². The molecule has 5 heteroatoms. The van der Waals surface area contributed by atoms with Crippen LogP contribution >= 0.6 is 12.2 Å². The Balaban J connectivity index is 2.43. The van der Waals surface area contributed by atoms with Crippen LogP contribution in [0.4, 0.5) is 0 Å². The molecule has 15 heavy (non-hydrogen) atoms. The fraction of sp³-hybridized carbons (Fsp3) is 0.900. The molecule has 0 aliphatic carbocycles. The monoisotopic (exact) mass is 232 g/mol. The molecule has 0 amide bonds. The number of methoxy groups -OCH3 is 2. The van der Waals surface area contributed by atoms with Crippen molar-refractivity contribution in [1.29, 1.82) is 0 Å². The number of hydrogen-bond acceptors (Lipinski definition) is 4. The summed E-state index contributed by atoms with van der Waals surface area (Å²) in [6.45, 7) is 4.71. The van der Waals surface area contributed by atoms with Gasteiger partial charge in [0, 0.05) is 39.8 Å². The number of thiocarbonyl (C=S) groups is 1. The molecule has 1 aliphatic heterocycles. The molecule has 0 aromatic carbocycles. The molecular weight excluding hydrogens is 212 g/mol. The molecule has 3 unspecified atom stereocenters. The van der Waals surface area contributed by atoms with E-state index < -0.39 is 0 Å². The first-order valence-electron chi connectivity index (χ1n) is 5.15. The third kappa shape index (κ3) is 3.38. The molecule has 0 radical (unpaired) electrons. The van der Waals surface area contributed by atoms with Crippen molar-refractivity contribution in [2.45, 2.75) is 19.1 Å². The number of hydrogen-bond donors (Lipinski definition) is 1. The van der Waals surface area contributed by atoms with E-state index in [1.165, 1.54) is 0 Å². The highest BCUT2D eigenvalue weighted by Crippen LogP contribution is 2.16. The Labute approximate surface area is 96.7 Å². The van der Waals surface area contributed by atoms with Gasteiger partial charge in [-0.05, 0) is 0 Å². The maximum atomic E-state index is 5.59. The number of ether oxygens (including phenoxy) is 2. The molecule has 0 bridgehead atoms. The van der Waals surface area contributed by atoms with Crippen molar-refractivity contribution < 1.29 is 9.47 Å². The first kappa shape index (κ1) is 12.8. The molecule has 0 aromatic rings. The molecule has 1 fully saturated rings. The molecule has 1 rings (SSSR count). The summed E-state index contributed by atoms with van der Waals surface area (Å²) < 4.78 is 10.7. The van der Waals surface area contributed by atoms with Gasteiger partial charge in [0.1, 0.15) is 0 Å². The van der Waals surface area contributed by atoms with Crippen LogP contribution in [0.25, 0.3) is 0 Å². The summed E-state index contributed by atoms with van der Waals surface area (Å²) in [5, 5.41) is 0. The average Bonchev–Trinajstić information content (AvgIpc) is 2.59. The Hall–Kier alpha value is -0.230. The molecular formula is C10H20N2O2S. The lowest BCUT2D eigenvalue weighted by Crippen LogP contribution is -2.33. The van der Waals surface area contributed by atoms with E-state index in [1.807, 2.05) is 6.92 Å². The molecule has 2 N–H and O–H groups in total. The summed E-state index contributed by atoms with van der Waals surface area (Å²) in [6.07, 6.45) is 0.321. The maximum Gasteiger partial charge on any atom is 0.0971 e. The number of nitrogens with two attached hydrogens (primary N) is 1. The molecule has 1 aliphatic rings. The van der Waals surface area contributed by atoms with Crippen molar-refractivity contribution in [3.05, 3.63) is 0 Å². The highest BCUT2D eigenvalue weighted by Gasteiger charge is 2.33. The summed E-state index contributed by atoms with van der Waals surface area (Å²) in [4.78, 5) is 2.86. The van der Waals surface area contributed by atoms with Crippen molar-refractivity contribution in [2.75, 3.05) is 33.9 Å². The third-order valence-corrected chi connectivity index (χ3v) is 3.32. The molecule has 0 spiro atoms. The van der Waals surface area contributed by atoms with Crippen LogP contribution in [0.15, 0.2) is 0 Å². The van der Waals surface area contributed by atoms with Crippen LogP contribution in [0.3, 0.4) is 0 Å². The lowest BCUT2D eigenvalue weighted by molar-refractivity contribution is -0.00461. The minimum Gasteiger partial charge on any atom is -0.393 e. The molecule has 1 saturated heterocycles. The molecule has 88 valence electrons. The van der Waals surface area contributed by atoms with E-state index >= 15 is 0 Å². The number of rotatable bonds is 5. The quantitative estimate of drug-likeness (QED) is 0.689. The SMILES string of the molecule is COC1CN(CC(C)C(N)=S)CC1OC. The average molecular weight is 232 g/mol. The Morgan fingerprint density at radius 3 is 2.20 bits per heavy atom. The van der Waals surface area contributed by atoms with Crippen LogP contribution in [0.5, 0.6) is 0 Å². The summed E-state index contributed by atoms with van der Waals surface area (Å²) in [7, 11) is 3.44. The van der Waals surface area contributed by atoms with Gasteiger partial charge in [-0.1, -0.05) is 19.1 Å². The zero-order chi connectivity index (χ0) is 11.4. The van der Waals surface area contributed by atoms with Crippen molar-refractivity contribution in [3.8, 4) is 0 Å².